The molecular formula is C12H11ClF6N2S. The van der Waals surface area contributed by atoms with Gasteiger partial charge in [-0.05, 0) is 24.6 Å². The van der Waals surface area contributed by atoms with Gasteiger partial charge in [0.15, 0.2) is 0 Å². The second-order valence-corrected chi connectivity index (χ2v) is 5.62. The van der Waals surface area contributed by atoms with E-state index in [2.05, 4.69) is 4.99 Å². The van der Waals surface area contributed by atoms with Gasteiger partial charge in [0, 0.05) is 11.9 Å². The first kappa shape index (κ1) is 19.0. The summed E-state index contributed by atoms with van der Waals surface area (Å²) in [4.78, 5) is 3.25. The number of rotatable bonds is 3. The quantitative estimate of drug-likeness (QED) is 0.340. The van der Waals surface area contributed by atoms with Gasteiger partial charge in [0.25, 0.3) is 0 Å². The lowest BCUT2D eigenvalue weighted by Crippen LogP contribution is -2.30. The van der Waals surface area contributed by atoms with Crippen LogP contribution in [0.5, 0.6) is 0 Å². The molecule has 1 aromatic rings. The predicted octanol–water partition coefficient (Wildman–Crippen LogP) is 5.31. The van der Waals surface area contributed by atoms with Crippen molar-refractivity contribution in [1.82, 2.24) is 0 Å². The van der Waals surface area contributed by atoms with Crippen molar-refractivity contribution in [3.05, 3.63) is 22.7 Å². The molecule has 1 N–H and O–H groups in total. The molecule has 0 spiro atoms. The number of nitrogens with zero attached hydrogens (tertiary/aromatic N) is 1. The summed E-state index contributed by atoms with van der Waals surface area (Å²) < 4.78 is 74.6. The van der Waals surface area contributed by atoms with Gasteiger partial charge in [-0.15, -0.1) is 11.8 Å². The minimum atomic E-state index is -4.72. The van der Waals surface area contributed by atoms with Crippen LogP contribution in [0.1, 0.15) is 5.56 Å². The van der Waals surface area contributed by atoms with Gasteiger partial charge >= 0.3 is 12.4 Å². The Morgan fingerprint density at radius 3 is 2.27 bits per heavy atom. The second kappa shape index (κ2) is 6.99. The lowest BCUT2D eigenvalue weighted by molar-refractivity contribution is -0.105. The fourth-order valence-electron chi connectivity index (χ4n) is 1.44. The zero-order chi connectivity index (χ0) is 17.1. The van der Waals surface area contributed by atoms with Crippen LogP contribution in [0, 0.1) is 6.92 Å². The van der Waals surface area contributed by atoms with Gasteiger partial charge in [0.2, 0.25) is 5.84 Å². The molecule has 0 heterocycles. The zero-order valence-corrected chi connectivity index (χ0v) is 12.9. The van der Waals surface area contributed by atoms with Crippen molar-refractivity contribution in [2.24, 2.45) is 4.99 Å². The fourth-order valence-corrected chi connectivity index (χ4v) is 2.52. The summed E-state index contributed by atoms with van der Waals surface area (Å²) in [5.41, 5.74) is 0.279. The molecule has 0 fully saturated rings. The van der Waals surface area contributed by atoms with Crippen molar-refractivity contribution < 1.29 is 26.3 Å². The van der Waals surface area contributed by atoms with Crippen LogP contribution in [-0.2, 0) is 0 Å². The van der Waals surface area contributed by atoms with Crippen LogP contribution in [-0.4, -0.2) is 31.0 Å². The van der Waals surface area contributed by atoms with Gasteiger partial charge in [0.05, 0.1) is 16.5 Å². The lowest BCUT2D eigenvalue weighted by Gasteiger charge is -2.16. The minimum Gasteiger partial charge on any atom is -0.335 e. The molecule has 0 aliphatic carbocycles. The summed E-state index contributed by atoms with van der Waals surface area (Å²) in [7, 11) is 0.942. The molecule has 0 atom stereocenters. The molecule has 1 rings (SSSR count). The Balaban J connectivity index is 3.06. The van der Waals surface area contributed by atoms with E-state index in [4.69, 9.17) is 11.6 Å². The SMILES string of the molecule is CN=C(Nc1cc(SCC(F)(F)F)c(C)cc1Cl)C(F)(F)F. The summed E-state index contributed by atoms with van der Waals surface area (Å²) in [6.07, 6.45) is -9.10. The molecule has 0 amide bonds. The van der Waals surface area contributed by atoms with Crippen molar-refractivity contribution in [1.29, 1.82) is 0 Å². The van der Waals surface area contributed by atoms with Gasteiger partial charge in [-0.3, -0.25) is 4.99 Å². The lowest BCUT2D eigenvalue weighted by atomic mass is 10.2. The maximum Gasteiger partial charge on any atom is 0.449 e. The highest BCUT2D eigenvalue weighted by Gasteiger charge is 2.36. The molecule has 0 saturated heterocycles. The zero-order valence-electron chi connectivity index (χ0n) is 11.4. The molecule has 0 aliphatic rings. The molecule has 10 heteroatoms. The first-order chi connectivity index (χ1) is 9.94. The van der Waals surface area contributed by atoms with E-state index < -0.39 is 23.9 Å². The number of alkyl halides is 6. The average molecular weight is 365 g/mol. The Kier molecular flexibility index (Phi) is 6.03. The maximum atomic E-state index is 12.6. The fraction of sp³-hybridized carbons (Fsp3) is 0.417. The molecule has 0 unspecified atom stereocenters. The van der Waals surface area contributed by atoms with Crippen molar-refractivity contribution >= 4 is 34.9 Å². The summed E-state index contributed by atoms with van der Waals surface area (Å²) in [5, 5.41) is 1.96. The Morgan fingerprint density at radius 2 is 1.82 bits per heavy atom. The van der Waals surface area contributed by atoms with Gasteiger partial charge in [-0.1, -0.05) is 11.6 Å². The van der Waals surface area contributed by atoms with Gasteiger partial charge < -0.3 is 5.32 Å². The number of hydrogen-bond donors (Lipinski definition) is 1. The topological polar surface area (TPSA) is 24.4 Å². The summed E-state index contributed by atoms with van der Waals surface area (Å²) >= 11 is 6.30. The van der Waals surface area contributed by atoms with Gasteiger partial charge in [-0.25, -0.2) is 0 Å². The standard InChI is InChI=1S/C12H11ClF6N2S/c1-6-3-7(13)8(21-10(20-2)12(17,18)19)4-9(6)22-5-11(14,15)16/h3-4H,5H2,1-2H3,(H,20,21). The van der Waals surface area contributed by atoms with Crippen LogP contribution < -0.4 is 5.32 Å². The van der Waals surface area contributed by atoms with Crippen molar-refractivity contribution in [2.75, 3.05) is 18.1 Å². The van der Waals surface area contributed by atoms with E-state index in [1.54, 1.807) is 0 Å². The van der Waals surface area contributed by atoms with E-state index in [-0.39, 0.29) is 15.6 Å². The first-order valence-electron chi connectivity index (χ1n) is 5.74. The number of anilines is 1. The van der Waals surface area contributed by atoms with Gasteiger partial charge in [0.1, 0.15) is 0 Å². The number of aryl methyl sites for hydroxylation is 1. The molecule has 0 bridgehead atoms. The summed E-state index contributed by atoms with van der Waals surface area (Å²) in [6, 6.07) is 2.44. The van der Waals surface area contributed by atoms with E-state index in [0.29, 0.717) is 17.3 Å². The average Bonchev–Trinajstić information content (AvgIpc) is 2.33. The Hall–Kier alpha value is -1.09. The van der Waals surface area contributed by atoms with Crippen LogP contribution in [0.2, 0.25) is 5.02 Å². The van der Waals surface area contributed by atoms with E-state index in [1.807, 2.05) is 5.32 Å². The van der Waals surface area contributed by atoms with Crippen molar-refractivity contribution in [3.63, 3.8) is 0 Å². The second-order valence-electron chi connectivity index (χ2n) is 4.20. The third-order valence-electron chi connectivity index (χ3n) is 2.40. The summed E-state index contributed by atoms with van der Waals surface area (Å²) in [5.74, 6) is -2.44. The highest BCUT2D eigenvalue weighted by Crippen LogP contribution is 2.35. The van der Waals surface area contributed by atoms with Crippen LogP contribution in [0.15, 0.2) is 22.0 Å². The van der Waals surface area contributed by atoms with Crippen LogP contribution >= 0.6 is 23.4 Å². The normalized spacial score (nSPS) is 13.4. The molecule has 0 radical (unpaired) electrons. The molecule has 0 aliphatic heterocycles. The third kappa shape index (κ3) is 5.60. The molecule has 22 heavy (non-hydrogen) atoms. The molecule has 124 valence electrons. The molecular weight excluding hydrogens is 354 g/mol. The van der Waals surface area contributed by atoms with Gasteiger partial charge in [-0.2, -0.15) is 26.3 Å². The number of nitrogens with one attached hydrogen (secondary N) is 1. The van der Waals surface area contributed by atoms with E-state index in [1.165, 1.54) is 13.0 Å². The number of benzene rings is 1. The van der Waals surface area contributed by atoms with E-state index in [0.717, 1.165) is 13.1 Å². The number of hydrogen-bond acceptors (Lipinski definition) is 2. The number of halogens is 7. The molecule has 2 nitrogen and oxygen atoms in total. The Labute approximate surface area is 131 Å². The van der Waals surface area contributed by atoms with Crippen LogP contribution in [0.4, 0.5) is 32.0 Å². The highest BCUT2D eigenvalue weighted by atomic mass is 35.5. The van der Waals surface area contributed by atoms with Crippen molar-refractivity contribution in [2.45, 2.75) is 24.2 Å². The smallest absolute Gasteiger partial charge is 0.335 e. The number of thioether (sulfide) groups is 1. The van der Waals surface area contributed by atoms with Crippen LogP contribution in [0.25, 0.3) is 0 Å². The Bertz CT molecular complexity index is 568. The molecule has 1 aromatic carbocycles. The van der Waals surface area contributed by atoms with E-state index in [9.17, 15) is 26.3 Å². The molecule has 0 aromatic heterocycles. The largest absolute Gasteiger partial charge is 0.449 e. The predicted molar refractivity (Wildman–Crippen MR) is 76.0 cm³/mol. The number of amidine groups is 1. The van der Waals surface area contributed by atoms with Crippen LogP contribution in [0.3, 0.4) is 0 Å². The monoisotopic (exact) mass is 364 g/mol. The van der Waals surface area contributed by atoms with E-state index >= 15 is 0 Å². The first-order valence-corrected chi connectivity index (χ1v) is 7.11. The maximum absolute atomic E-state index is 12.6. The summed E-state index contributed by atoms with van der Waals surface area (Å²) in [6.45, 7) is 1.52. The highest BCUT2D eigenvalue weighted by molar-refractivity contribution is 7.99. The third-order valence-corrected chi connectivity index (χ3v) is 3.94. The van der Waals surface area contributed by atoms with Crippen molar-refractivity contribution in [3.8, 4) is 0 Å². The number of aliphatic imine (C=N–C) groups is 1. The molecule has 0 saturated carbocycles. The minimum absolute atomic E-state index is 0.0424. The Morgan fingerprint density at radius 1 is 1.23 bits per heavy atom.